The Bertz CT molecular complexity index is 1290. The normalized spacial score (nSPS) is 15.9. The van der Waals surface area contributed by atoms with E-state index in [1.807, 2.05) is 0 Å². The number of carboxylic acids is 1. The minimum atomic E-state index is -3.84. The molecule has 0 aromatic heterocycles. The largest absolute Gasteiger partial charge is 0.483 e. The second kappa shape index (κ2) is 10.3. The van der Waals surface area contributed by atoms with Gasteiger partial charge in [-0.3, -0.25) is 14.5 Å². The molecule has 2 aromatic carbocycles. The van der Waals surface area contributed by atoms with Gasteiger partial charge in [0.25, 0.3) is 11.8 Å². The van der Waals surface area contributed by atoms with E-state index in [1.54, 1.807) is 24.3 Å². The molecule has 1 heterocycles. The Hall–Kier alpha value is -3.26. The predicted molar refractivity (Wildman–Crippen MR) is 130 cm³/mol. The number of carbonyl (C=O) groups is 3. The average molecular weight is 522 g/mol. The van der Waals surface area contributed by atoms with Gasteiger partial charge in [0, 0.05) is 11.3 Å². The zero-order valence-corrected chi connectivity index (χ0v) is 20.1. The van der Waals surface area contributed by atoms with Gasteiger partial charge >= 0.3 is 5.97 Å². The number of amides is 2. The third kappa shape index (κ3) is 5.99. The summed E-state index contributed by atoms with van der Waals surface area (Å²) in [5, 5.41) is 16.8. The average Bonchev–Trinajstić information content (AvgIpc) is 3.05. The summed E-state index contributed by atoms with van der Waals surface area (Å²) >= 11 is 6.13. The molecule has 3 rings (SSSR count). The molecular formula is C21H19N3O7S3. The van der Waals surface area contributed by atoms with Gasteiger partial charge in [-0.1, -0.05) is 42.2 Å². The van der Waals surface area contributed by atoms with Crippen LogP contribution in [0.3, 0.4) is 0 Å². The number of primary sulfonamides is 1. The van der Waals surface area contributed by atoms with E-state index >= 15 is 0 Å². The molecule has 0 saturated carbocycles. The van der Waals surface area contributed by atoms with Crippen molar-refractivity contribution in [2.24, 2.45) is 5.14 Å². The number of carboxylic acid groups (broad SMARTS) is 1. The molecule has 1 atom stereocenters. The van der Waals surface area contributed by atoms with E-state index in [1.165, 1.54) is 37.3 Å². The fourth-order valence-electron chi connectivity index (χ4n) is 2.86. The van der Waals surface area contributed by atoms with Crippen LogP contribution < -0.4 is 15.2 Å². The van der Waals surface area contributed by atoms with E-state index < -0.39 is 33.8 Å². The molecule has 0 bridgehead atoms. The molecule has 1 aliphatic heterocycles. The summed E-state index contributed by atoms with van der Waals surface area (Å²) in [6.07, 6.45) is 1.52. The number of thiocarbonyl (C=S) groups is 1. The molecule has 1 saturated heterocycles. The maximum absolute atomic E-state index is 12.7. The maximum Gasteiger partial charge on any atom is 0.326 e. The molecule has 0 aliphatic carbocycles. The summed E-state index contributed by atoms with van der Waals surface area (Å²) in [6.45, 7) is 1.01. The van der Waals surface area contributed by atoms with Gasteiger partial charge in [-0.05, 0) is 43.3 Å². The van der Waals surface area contributed by atoms with Crippen molar-refractivity contribution in [3.63, 3.8) is 0 Å². The number of aliphatic carboxylic acids is 1. The van der Waals surface area contributed by atoms with Crippen LogP contribution in [0.2, 0.25) is 0 Å². The molecule has 10 nitrogen and oxygen atoms in total. The van der Waals surface area contributed by atoms with E-state index in [-0.39, 0.29) is 20.7 Å². The van der Waals surface area contributed by atoms with E-state index in [0.717, 1.165) is 16.7 Å². The van der Waals surface area contributed by atoms with E-state index in [9.17, 15) is 27.9 Å². The maximum atomic E-state index is 12.7. The van der Waals surface area contributed by atoms with Crippen LogP contribution >= 0.6 is 24.0 Å². The van der Waals surface area contributed by atoms with Gasteiger partial charge in [-0.15, -0.1) is 0 Å². The summed E-state index contributed by atoms with van der Waals surface area (Å²) in [5.74, 6) is -1.88. The summed E-state index contributed by atoms with van der Waals surface area (Å²) in [7, 11) is -3.84. The highest BCUT2D eigenvalue weighted by Gasteiger charge is 2.38. The van der Waals surface area contributed by atoms with Gasteiger partial charge in [0.15, 0.2) is 6.61 Å². The predicted octanol–water partition coefficient (Wildman–Crippen LogP) is 2.03. The molecule has 2 amide bonds. The highest BCUT2D eigenvalue weighted by Crippen LogP contribution is 2.35. The Balaban J connectivity index is 1.69. The number of rotatable bonds is 8. The molecular weight excluding hydrogens is 502 g/mol. The lowest BCUT2D eigenvalue weighted by atomic mass is 10.1. The number of sulfonamides is 1. The number of para-hydroxylation sites is 1. The van der Waals surface area contributed by atoms with Gasteiger partial charge in [0.2, 0.25) is 10.0 Å². The first kappa shape index (κ1) is 25.4. The topological polar surface area (TPSA) is 156 Å². The lowest BCUT2D eigenvalue weighted by Gasteiger charge is -2.18. The number of thioether (sulfide) groups is 1. The first-order chi connectivity index (χ1) is 16.0. The van der Waals surface area contributed by atoms with Crippen LogP contribution in [0.5, 0.6) is 5.75 Å². The number of nitrogens with two attached hydrogens (primary N) is 1. The van der Waals surface area contributed by atoms with Crippen LogP contribution in [0.1, 0.15) is 12.5 Å². The van der Waals surface area contributed by atoms with E-state index in [0.29, 0.717) is 17.0 Å². The van der Waals surface area contributed by atoms with Crippen LogP contribution in [0.25, 0.3) is 6.08 Å². The van der Waals surface area contributed by atoms with Gasteiger partial charge < -0.3 is 15.2 Å². The minimum absolute atomic E-state index is 0.0844. The van der Waals surface area contributed by atoms with Crippen molar-refractivity contribution in [3.05, 3.63) is 59.0 Å². The monoisotopic (exact) mass is 521 g/mol. The second-order valence-electron chi connectivity index (χ2n) is 7.01. The van der Waals surface area contributed by atoms with Crippen molar-refractivity contribution in [1.29, 1.82) is 0 Å². The highest BCUT2D eigenvalue weighted by molar-refractivity contribution is 8.26. The van der Waals surface area contributed by atoms with Crippen molar-refractivity contribution in [2.75, 3.05) is 11.9 Å². The second-order valence-corrected chi connectivity index (χ2v) is 10.2. The SMILES string of the molecule is CC(C(=O)O)N1C(=O)/C(=C/c2ccccc2OCC(=O)Nc2ccc(S(N)(=O)=O)cc2)SC1=S. The molecule has 1 unspecified atom stereocenters. The molecule has 1 aliphatic rings. The third-order valence-corrected chi connectivity index (χ3v) is 6.86. The molecule has 1 fully saturated rings. The van der Waals surface area contributed by atoms with Crippen molar-refractivity contribution in [2.45, 2.75) is 17.9 Å². The molecule has 2 aromatic rings. The van der Waals surface area contributed by atoms with Crippen molar-refractivity contribution >= 4 is 67.9 Å². The number of anilines is 1. The Labute approximate surface area is 204 Å². The number of nitrogens with zero attached hydrogens (tertiary/aromatic N) is 1. The number of nitrogens with one attached hydrogen (secondary N) is 1. The van der Waals surface area contributed by atoms with Crippen LogP contribution in [0.4, 0.5) is 5.69 Å². The number of hydrogen-bond donors (Lipinski definition) is 3. The van der Waals surface area contributed by atoms with E-state index in [2.05, 4.69) is 5.32 Å². The molecule has 0 radical (unpaired) electrons. The third-order valence-electron chi connectivity index (χ3n) is 4.60. The summed E-state index contributed by atoms with van der Waals surface area (Å²) in [6, 6.07) is 10.9. The quantitative estimate of drug-likeness (QED) is 0.349. The van der Waals surface area contributed by atoms with Crippen molar-refractivity contribution in [3.8, 4) is 5.75 Å². The van der Waals surface area contributed by atoms with Gasteiger partial charge in [0.05, 0.1) is 9.80 Å². The minimum Gasteiger partial charge on any atom is -0.483 e. The van der Waals surface area contributed by atoms with Crippen LogP contribution in [0, 0.1) is 0 Å². The molecule has 178 valence electrons. The molecule has 4 N–H and O–H groups in total. The Kier molecular flexibility index (Phi) is 7.71. The Morgan fingerprint density at radius 3 is 2.50 bits per heavy atom. The lowest BCUT2D eigenvalue weighted by molar-refractivity contribution is -0.144. The number of hydrogen-bond acceptors (Lipinski definition) is 8. The van der Waals surface area contributed by atoms with Crippen LogP contribution in [-0.4, -0.2) is 53.2 Å². The molecule has 13 heteroatoms. The van der Waals surface area contributed by atoms with Crippen LogP contribution in [0.15, 0.2) is 58.3 Å². The lowest BCUT2D eigenvalue weighted by Crippen LogP contribution is -2.41. The summed E-state index contributed by atoms with van der Waals surface area (Å²) in [4.78, 5) is 37.4. The van der Waals surface area contributed by atoms with Crippen LogP contribution in [-0.2, 0) is 24.4 Å². The fourth-order valence-corrected chi connectivity index (χ4v) is 4.79. The first-order valence-electron chi connectivity index (χ1n) is 9.62. The molecule has 0 spiro atoms. The van der Waals surface area contributed by atoms with Crippen molar-refractivity contribution in [1.82, 2.24) is 4.90 Å². The number of ether oxygens (including phenoxy) is 1. The summed E-state index contributed by atoms with van der Waals surface area (Å²) in [5.41, 5.74) is 0.849. The highest BCUT2D eigenvalue weighted by atomic mass is 32.2. The molecule has 34 heavy (non-hydrogen) atoms. The van der Waals surface area contributed by atoms with E-state index in [4.69, 9.17) is 22.1 Å². The standard InChI is InChI=1S/C21H19N3O7S3/c1-12(20(27)28)24-19(26)17(33-21(24)32)10-13-4-2-3-5-16(13)31-11-18(25)23-14-6-8-15(9-7-14)34(22,29)30/h2-10,12H,11H2,1H3,(H,23,25)(H,27,28)(H2,22,29,30)/b17-10-. The first-order valence-corrected chi connectivity index (χ1v) is 12.4. The van der Waals surface area contributed by atoms with Crippen molar-refractivity contribution < 1.29 is 32.6 Å². The Morgan fingerprint density at radius 2 is 1.88 bits per heavy atom. The zero-order chi connectivity index (χ0) is 25.0. The fraction of sp³-hybridized carbons (Fsp3) is 0.143. The summed E-state index contributed by atoms with van der Waals surface area (Å²) < 4.78 is 28.4. The van der Waals surface area contributed by atoms with Gasteiger partial charge in [-0.2, -0.15) is 0 Å². The Morgan fingerprint density at radius 1 is 1.24 bits per heavy atom. The smallest absolute Gasteiger partial charge is 0.326 e. The number of benzene rings is 2. The van der Waals surface area contributed by atoms with Gasteiger partial charge in [0.1, 0.15) is 16.1 Å². The van der Waals surface area contributed by atoms with Gasteiger partial charge in [-0.25, -0.2) is 18.4 Å². The number of carbonyl (C=O) groups excluding carboxylic acids is 2. The zero-order valence-electron chi connectivity index (χ0n) is 17.6.